The van der Waals surface area contributed by atoms with Crippen molar-refractivity contribution in [3.8, 4) is 0 Å². The lowest BCUT2D eigenvalue weighted by molar-refractivity contribution is 0.219. The quantitative estimate of drug-likeness (QED) is 0.829. The zero-order valence-corrected chi connectivity index (χ0v) is 13.2. The van der Waals surface area contributed by atoms with Crippen molar-refractivity contribution in [2.24, 2.45) is 0 Å². The minimum atomic E-state index is -0.553. The summed E-state index contributed by atoms with van der Waals surface area (Å²) in [7, 11) is 0. The molecule has 0 saturated heterocycles. The third-order valence-corrected chi connectivity index (χ3v) is 4.86. The number of aliphatic hydroxyl groups is 1. The van der Waals surface area contributed by atoms with Crippen LogP contribution in [0.4, 0.5) is 0 Å². The molecule has 104 valence electrons. The van der Waals surface area contributed by atoms with Crippen LogP contribution in [0.25, 0.3) is 0 Å². The molecule has 1 aliphatic rings. The van der Waals surface area contributed by atoms with Gasteiger partial charge in [-0.05, 0) is 60.1 Å². The molecule has 0 amide bonds. The summed E-state index contributed by atoms with van der Waals surface area (Å²) in [5.74, 6) is 0.744. The van der Waals surface area contributed by atoms with E-state index in [9.17, 15) is 5.11 Å². The van der Waals surface area contributed by atoms with Crippen LogP contribution in [-0.2, 0) is 0 Å². The number of halogens is 1. The fraction of sp³-hybridized carbons (Fsp3) is 0.333. The number of aryl methyl sites for hydroxylation is 1. The van der Waals surface area contributed by atoms with Crippen molar-refractivity contribution < 1.29 is 5.11 Å². The molecule has 0 spiro atoms. The SMILES string of the molecule is Cc1ccc(Br)cc1C(O)c1ccc(C2CCC2)cc1. The molecule has 1 atom stereocenters. The minimum Gasteiger partial charge on any atom is -0.384 e. The average molecular weight is 331 g/mol. The first-order valence-electron chi connectivity index (χ1n) is 7.19. The topological polar surface area (TPSA) is 20.2 Å². The first-order chi connectivity index (χ1) is 9.65. The van der Waals surface area contributed by atoms with Gasteiger partial charge in [0.25, 0.3) is 0 Å². The number of hydrogen-bond acceptors (Lipinski definition) is 1. The monoisotopic (exact) mass is 330 g/mol. The van der Waals surface area contributed by atoms with Crippen LogP contribution in [0.15, 0.2) is 46.9 Å². The largest absolute Gasteiger partial charge is 0.384 e. The molecule has 0 bridgehead atoms. The summed E-state index contributed by atoms with van der Waals surface area (Å²) < 4.78 is 1.00. The normalized spacial score (nSPS) is 16.8. The molecule has 2 aromatic rings. The van der Waals surface area contributed by atoms with E-state index in [1.165, 1.54) is 24.8 Å². The molecule has 1 saturated carbocycles. The Hall–Kier alpha value is -1.12. The predicted molar refractivity (Wildman–Crippen MR) is 86.0 cm³/mol. The van der Waals surface area contributed by atoms with Crippen LogP contribution >= 0.6 is 15.9 Å². The van der Waals surface area contributed by atoms with Crippen molar-refractivity contribution >= 4 is 15.9 Å². The van der Waals surface area contributed by atoms with Gasteiger partial charge in [-0.3, -0.25) is 0 Å². The second-order valence-corrected chi connectivity index (χ2v) is 6.61. The fourth-order valence-corrected chi connectivity index (χ4v) is 3.16. The standard InChI is InChI=1S/C18H19BrO/c1-12-5-10-16(19)11-17(12)18(20)15-8-6-14(7-9-15)13-3-2-4-13/h5-11,13,18,20H,2-4H2,1H3. The van der Waals surface area contributed by atoms with E-state index in [1.54, 1.807) is 0 Å². The molecular formula is C18H19BrO. The molecule has 0 heterocycles. The van der Waals surface area contributed by atoms with Gasteiger partial charge in [0.2, 0.25) is 0 Å². The Morgan fingerprint density at radius 3 is 2.40 bits per heavy atom. The number of aliphatic hydroxyl groups excluding tert-OH is 1. The summed E-state index contributed by atoms with van der Waals surface area (Å²) >= 11 is 3.47. The minimum absolute atomic E-state index is 0.553. The van der Waals surface area contributed by atoms with Crippen LogP contribution in [0, 0.1) is 6.92 Å². The Kier molecular flexibility index (Phi) is 3.95. The molecule has 3 rings (SSSR count). The van der Waals surface area contributed by atoms with Gasteiger partial charge in [0.1, 0.15) is 6.10 Å². The van der Waals surface area contributed by atoms with E-state index >= 15 is 0 Å². The van der Waals surface area contributed by atoms with Gasteiger partial charge in [0.15, 0.2) is 0 Å². The summed E-state index contributed by atoms with van der Waals surface area (Å²) in [6, 6.07) is 14.5. The van der Waals surface area contributed by atoms with E-state index in [0.717, 1.165) is 27.1 Å². The van der Waals surface area contributed by atoms with Crippen LogP contribution < -0.4 is 0 Å². The summed E-state index contributed by atoms with van der Waals surface area (Å²) in [4.78, 5) is 0. The van der Waals surface area contributed by atoms with Crippen molar-refractivity contribution in [1.82, 2.24) is 0 Å². The fourth-order valence-electron chi connectivity index (χ4n) is 2.78. The maximum Gasteiger partial charge on any atom is 0.104 e. The highest BCUT2D eigenvalue weighted by Crippen LogP contribution is 2.37. The number of benzene rings is 2. The Morgan fingerprint density at radius 1 is 1.10 bits per heavy atom. The molecule has 0 aliphatic heterocycles. The Labute approximate surface area is 128 Å². The highest BCUT2D eigenvalue weighted by molar-refractivity contribution is 9.10. The van der Waals surface area contributed by atoms with E-state index in [1.807, 2.05) is 25.1 Å². The number of hydrogen-bond donors (Lipinski definition) is 1. The van der Waals surface area contributed by atoms with Crippen molar-refractivity contribution in [3.05, 3.63) is 69.2 Å². The highest BCUT2D eigenvalue weighted by Gasteiger charge is 2.20. The van der Waals surface area contributed by atoms with Crippen LogP contribution in [0.2, 0.25) is 0 Å². The van der Waals surface area contributed by atoms with E-state index in [4.69, 9.17) is 0 Å². The predicted octanol–water partition coefficient (Wildman–Crippen LogP) is 5.11. The second-order valence-electron chi connectivity index (χ2n) is 5.70. The maximum absolute atomic E-state index is 10.6. The lowest BCUT2D eigenvalue weighted by Crippen LogP contribution is -2.09. The van der Waals surface area contributed by atoms with Crippen molar-refractivity contribution in [2.75, 3.05) is 0 Å². The first kappa shape index (κ1) is 13.8. The molecule has 1 N–H and O–H groups in total. The van der Waals surface area contributed by atoms with Gasteiger partial charge < -0.3 is 5.11 Å². The molecule has 20 heavy (non-hydrogen) atoms. The average Bonchev–Trinajstić information content (AvgIpc) is 2.40. The zero-order valence-electron chi connectivity index (χ0n) is 11.6. The van der Waals surface area contributed by atoms with Crippen molar-refractivity contribution in [3.63, 3.8) is 0 Å². The first-order valence-corrected chi connectivity index (χ1v) is 7.98. The van der Waals surface area contributed by atoms with Gasteiger partial charge in [-0.15, -0.1) is 0 Å². The third-order valence-electron chi connectivity index (χ3n) is 4.36. The lowest BCUT2D eigenvalue weighted by atomic mass is 9.80. The molecular weight excluding hydrogens is 312 g/mol. The molecule has 2 aromatic carbocycles. The van der Waals surface area contributed by atoms with Crippen molar-refractivity contribution in [2.45, 2.75) is 38.2 Å². The van der Waals surface area contributed by atoms with E-state index in [2.05, 4.69) is 40.2 Å². The van der Waals surface area contributed by atoms with Crippen LogP contribution in [0.3, 0.4) is 0 Å². The summed E-state index contributed by atoms with van der Waals surface area (Å²) in [6.45, 7) is 2.04. The molecule has 1 aliphatic carbocycles. The molecule has 1 unspecified atom stereocenters. The van der Waals surface area contributed by atoms with Crippen LogP contribution in [0.5, 0.6) is 0 Å². The zero-order chi connectivity index (χ0) is 14.1. The second kappa shape index (κ2) is 5.71. The summed E-state index contributed by atoms with van der Waals surface area (Å²) in [5.41, 5.74) is 4.46. The Morgan fingerprint density at radius 2 is 1.80 bits per heavy atom. The molecule has 0 aromatic heterocycles. The van der Waals surface area contributed by atoms with E-state index < -0.39 is 6.10 Å². The van der Waals surface area contributed by atoms with Gasteiger partial charge in [-0.2, -0.15) is 0 Å². The highest BCUT2D eigenvalue weighted by atomic mass is 79.9. The van der Waals surface area contributed by atoms with E-state index in [0.29, 0.717) is 0 Å². The molecule has 1 nitrogen and oxygen atoms in total. The van der Waals surface area contributed by atoms with Gasteiger partial charge in [0.05, 0.1) is 0 Å². The number of rotatable bonds is 3. The van der Waals surface area contributed by atoms with Crippen LogP contribution in [-0.4, -0.2) is 5.11 Å². The molecule has 2 heteroatoms. The summed E-state index contributed by atoms with van der Waals surface area (Å²) in [6.07, 6.45) is 3.42. The van der Waals surface area contributed by atoms with E-state index in [-0.39, 0.29) is 0 Å². The van der Waals surface area contributed by atoms with Crippen LogP contribution in [0.1, 0.15) is 53.5 Å². The lowest BCUT2D eigenvalue weighted by Gasteiger charge is -2.26. The van der Waals surface area contributed by atoms with Gasteiger partial charge >= 0.3 is 0 Å². The smallest absolute Gasteiger partial charge is 0.104 e. The third kappa shape index (κ3) is 2.68. The molecule has 1 fully saturated rings. The summed E-state index contributed by atoms with van der Waals surface area (Å²) in [5, 5.41) is 10.6. The van der Waals surface area contributed by atoms with Gasteiger partial charge in [0, 0.05) is 4.47 Å². The molecule has 0 radical (unpaired) electrons. The van der Waals surface area contributed by atoms with Gasteiger partial charge in [-0.1, -0.05) is 52.7 Å². The van der Waals surface area contributed by atoms with Crippen molar-refractivity contribution in [1.29, 1.82) is 0 Å². The Balaban J connectivity index is 1.85. The Bertz CT molecular complexity index is 599. The van der Waals surface area contributed by atoms with Gasteiger partial charge in [-0.25, -0.2) is 0 Å². The maximum atomic E-state index is 10.6.